The van der Waals surface area contributed by atoms with Crippen LogP contribution in [0.5, 0.6) is 0 Å². The first-order valence-corrected chi connectivity index (χ1v) is 14.8. The van der Waals surface area contributed by atoms with Gasteiger partial charge in [0, 0.05) is 24.7 Å². The normalized spacial score (nSPS) is 12.2. The summed E-state index contributed by atoms with van der Waals surface area (Å²) >= 11 is 6.07. The zero-order valence-corrected chi connectivity index (χ0v) is 23.3. The SMILES string of the molecule is CCCCNC(=O)[C@@H](c1ccccc1)N(Cc1ccc(Cl)cc1)C(=O)CN(Cc1ccccc1)S(C)(=O)=O. The van der Waals surface area contributed by atoms with Crippen molar-refractivity contribution in [3.05, 3.63) is 107 Å². The molecular weight excluding hydrogens is 522 g/mol. The lowest BCUT2D eigenvalue weighted by atomic mass is 10.0. The van der Waals surface area contributed by atoms with Crippen LogP contribution in [0.25, 0.3) is 0 Å². The monoisotopic (exact) mass is 555 g/mol. The second-order valence-electron chi connectivity index (χ2n) is 9.12. The molecule has 0 bridgehead atoms. The number of nitrogens with one attached hydrogen (secondary N) is 1. The summed E-state index contributed by atoms with van der Waals surface area (Å²) in [6.07, 6.45) is 2.79. The van der Waals surface area contributed by atoms with Crippen molar-refractivity contribution in [3.8, 4) is 0 Å². The fraction of sp³-hybridized carbons (Fsp3) is 0.310. The van der Waals surface area contributed by atoms with Crippen molar-refractivity contribution >= 4 is 33.4 Å². The Morgan fingerprint density at radius 3 is 2.03 bits per heavy atom. The molecule has 9 heteroatoms. The average molecular weight is 556 g/mol. The highest BCUT2D eigenvalue weighted by molar-refractivity contribution is 7.88. The van der Waals surface area contributed by atoms with Crippen LogP contribution in [-0.4, -0.2) is 48.8 Å². The topological polar surface area (TPSA) is 86.8 Å². The fourth-order valence-corrected chi connectivity index (χ4v) is 4.88. The van der Waals surface area contributed by atoms with Crippen LogP contribution in [0.3, 0.4) is 0 Å². The second kappa shape index (κ2) is 14.1. The van der Waals surface area contributed by atoms with Crippen LogP contribution in [0.1, 0.15) is 42.5 Å². The first kappa shape index (κ1) is 29.4. The predicted molar refractivity (Wildman–Crippen MR) is 151 cm³/mol. The summed E-state index contributed by atoms with van der Waals surface area (Å²) in [7, 11) is -3.73. The Morgan fingerprint density at radius 2 is 1.45 bits per heavy atom. The molecule has 0 heterocycles. The Kier molecular flexibility index (Phi) is 10.9. The van der Waals surface area contributed by atoms with E-state index < -0.39 is 28.5 Å². The van der Waals surface area contributed by atoms with Crippen LogP contribution in [0.4, 0.5) is 0 Å². The third-order valence-corrected chi connectivity index (χ3v) is 7.52. The molecule has 38 heavy (non-hydrogen) atoms. The highest BCUT2D eigenvalue weighted by Gasteiger charge is 2.33. The molecule has 0 saturated heterocycles. The van der Waals surface area contributed by atoms with Gasteiger partial charge in [0.05, 0.1) is 12.8 Å². The van der Waals surface area contributed by atoms with Crippen molar-refractivity contribution in [3.63, 3.8) is 0 Å². The number of hydrogen-bond acceptors (Lipinski definition) is 4. The number of sulfonamides is 1. The van der Waals surface area contributed by atoms with Crippen LogP contribution >= 0.6 is 11.6 Å². The largest absolute Gasteiger partial charge is 0.354 e. The molecular formula is C29H34ClN3O4S. The molecule has 0 spiro atoms. The van der Waals surface area contributed by atoms with Gasteiger partial charge in [0.15, 0.2) is 0 Å². The molecule has 0 aliphatic rings. The van der Waals surface area contributed by atoms with E-state index >= 15 is 0 Å². The van der Waals surface area contributed by atoms with Gasteiger partial charge in [-0.1, -0.05) is 97.7 Å². The lowest BCUT2D eigenvalue weighted by molar-refractivity contribution is -0.141. The molecule has 0 fully saturated rings. The molecule has 0 radical (unpaired) electrons. The Hall–Kier alpha value is -3.20. The number of rotatable bonds is 13. The third kappa shape index (κ3) is 8.68. The van der Waals surface area contributed by atoms with Crippen LogP contribution in [0.15, 0.2) is 84.9 Å². The van der Waals surface area contributed by atoms with Gasteiger partial charge in [0.25, 0.3) is 0 Å². The van der Waals surface area contributed by atoms with Gasteiger partial charge < -0.3 is 10.2 Å². The Bertz CT molecular complexity index is 1290. The summed E-state index contributed by atoms with van der Waals surface area (Å²) in [5.41, 5.74) is 2.16. The van der Waals surface area contributed by atoms with Crippen LogP contribution in [0.2, 0.25) is 5.02 Å². The molecule has 202 valence electrons. The maximum atomic E-state index is 13.9. The highest BCUT2D eigenvalue weighted by atomic mass is 35.5. The van der Waals surface area contributed by atoms with Gasteiger partial charge in [0.1, 0.15) is 6.04 Å². The van der Waals surface area contributed by atoms with E-state index in [-0.39, 0.29) is 19.0 Å². The summed E-state index contributed by atoms with van der Waals surface area (Å²) < 4.78 is 26.5. The minimum Gasteiger partial charge on any atom is -0.354 e. The van der Waals surface area contributed by atoms with Gasteiger partial charge in [-0.2, -0.15) is 4.31 Å². The van der Waals surface area contributed by atoms with Crippen molar-refractivity contribution < 1.29 is 18.0 Å². The smallest absolute Gasteiger partial charge is 0.247 e. The first-order valence-electron chi connectivity index (χ1n) is 12.5. The molecule has 0 aliphatic heterocycles. The zero-order chi connectivity index (χ0) is 27.5. The molecule has 0 aliphatic carbocycles. The highest BCUT2D eigenvalue weighted by Crippen LogP contribution is 2.25. The van der Waals surface area contributed by atoms with Gasteiger partial charge in [-0.25, -0.2) is 8.42 Å². The van der Waals surface area contributed by atoms with E-state index in [1.165, 1.54) is 4.90 Å². The number of benzene rings is 3. The Morgan fingerprint density at radius 1 is 0.868 bits per heavy atom. The summed E-state index contributed by atoms with van der Waals surface area (Å²) in [5, 5.41) is 3.50. The van der Waals surface area contributed by atoms with Gasteiger partial charge in [0.2, 0.25) is 21.8 Å². The lowest BCUT2D eigenvalue weighted by Crippen LogP contribution is -2.47. The molecule has 1 atom stereocenters. The lowest BCUT2D eigenvalue weighted by Gasteiger charge is -2.33. The van der Waals surface area contributed by atoms with Gasteiger partial charge >= 0.3 is 0 Å². The van der Waals surface area contributed by atoms with E-state index in [2.05, 4.69) is 5.32 Å². The number of carbonyl (C=O) groups excluding carboxylic acids is 2. The van der Waals surface area contributed by atoms with E-state index in [4.69, 9.17) is 11.6 Å². The number of unbranched alkanes of at least 4 members (excludes halogenated alkanes) is 1. The molecule has 2 amide bonds. The maximum absolute atomic E-state index is 13.9. The number of nitrogens with zero attached hydrogens (tertiary/aromatic N) is 2. The van der Waals surface area contributed by atoms with Crippen molar-refractivity contribution in [2.45, 2.75) is 38.9 Å². The average Bonchev–Trinajstić information content (AvgIpc) is 2.90. The van der Waals surface area contributed by atoms with E-state index in [0.29, 0.717) is 17.1 Å². The molecule has 0 unspecified atom stereocenters. The van der Waals surface area contributed by atoms with E-state index in [1.807, 2.05) is 55.5 Å². The van der Waals surface area contributed by atoms with E-state index in [9.17, 15) is 18.0 Å². The number of carbonyl (C=O) groups is 2. The molecule has 0 saturated carbocycles. The predicted octanol–water partition coefficient (Wildman–Crippen LogP) is 4.79. The van der Waals surface area contributed by atoms with E-state index in [0.717, 1.165) is 34.5 Å². The van der Waals surface area contributed by atoms with Crippen molar-refractivity contribution in [2.24, 2.45) is 0 Å². The summed E-state index contributed by atoms with van der Waals surface area (Å²) in [6.45, 7) is 2.24. The number of amides is 2. The summed E-state index contributed by atoms with van der Waals surface area (Å²) in [6, 6.07) is 24.2. The van der Waals surface area contributed by atoms with Crippen molar-refractivity contribution in [1.29, 1.82) is 0 Å². The van der Waals surface area contributed by atoms with Crippen LogP contribution < -0.4 is 5.32 Å². The van der Waals surface area contributed by atoms with Crippen LogP contribution in [-0.2, 0) is 32.7 Å². The standard InChI is InChI=1S/C29H34ClN3O4S/c1-3-4-19-31-29(35)28(25-13-9-6-10-14-25)33(21-24-15-17-26(30)18-16-24)27(34)22-32(38(2,36)37)20-23-11-7-5-8-12-23/h5-18,28H,3-4,19-22H2,1-2H3,(H,31,35)/t28-/m1/s1. The quantitative estimate of drug-likeness (QED) is 0.307. The molecule has 0 aromatic heterocycles. The van der Waals surface area contributed by atoms with Gasteiger partial charge in [-0.05, 0) is 35.2 Å². The second-order valence-corrected chi connectivity index (χ2v) is 11.5. The third-order valence-electron chi connectivity index (χ3n) is 6.07. The van der Waals surface area contributed by atoms with Crippen LogP contribution in [0, 0.1) is 0 Å². The minimum atomic E-state index is -3.73. The van der Waals surface area contributed by atoms with Gasteiger partial charge in [-0.3, -0.25) is 9.59 Å². The Labute approximate surface area is 230 Å². The summed E-state index contributed by atoms with van der Waals surface area (Å²) in [5.74, 6) is -0.804. The fourth-order valence-electron chi connectivity index (χ4n) is 4.02. The first-order chi connectivity index (χ1) is 18.2. The Balaban J connectivity index is 1.99. The molecule has 3 aromatic carbocycles. The number of halogens is 1. The molecule has 3 aromatic rings. The van der Waals surface area contributed by atoms with Gasteiger partial charge in [-0.15, -0.1) is 0 Å². The van der Waals surface area contributed by atoms with Crippen molar-refractivity contribution in [1.82, 2.24) is 14.5 Å². The molecule has 1 N–H and O–H groups in total. The number of hydrogen-bond donors (Lipinski definition) is 1. The maximum Gasteiger partial charge on any atom is 0.247 e. The summed E-state index contributed by atoms with van der Waals surface area (Å²) in [4.78, 5) is 28.9. The molecule has 7 nitrogen and oxygen atoms in total. The molecule has 3 rings (SSSR count). The minimum absolute atomic E-state index is 0.0406. The zero-order valence-electron chi connectivity index (χ0n) is 21.7. The van der Waals surface area contributed by atoms with Crippen molar-refractivity contribution in [2.75, 3.05) is 19.3 Å². The van der Waals surface area contributed by atoms with E-state index in [1.54, 1.807) is 36.4 Å².